The Morgan fingerprint density at radius 3 is 1.95 bits per heavy atom. The van der Waals surface area contributed by atoms with Gasteiger partial charge in [-0.3, -0.25) is 4.68 Å². The molecule has 4 aromatic carbocycles. The molecule has 3 aromatic heterocycles. The van der Waals surface area contributed by atoms with Gasteiger partial charge in [0.1, 0.15) is 5.82 Å². The van der Waals surface area contributed by atoms with E-state index in [1.165, 1.54) is 33.5 Å². The number of aromatic nitrogens is 4. The minimum atomic E-state index is -0.0125. The Kier molecular flexibility index (Phi) is 11.6. The van der Waals surface area contributed by atoms with Crippen LogP contribution >= 0.6 is 0 Å². The van der Waals surface area contributed by atoms with E-state index >= 15 is 0 Å². The van der Waals surface area contributed by atoms with Crippen LogP contribution in [-0.4, -0.2) is 19.3 Å². The van der Waals surface area contributed by atoms with Gasteiger partial charge in [0.05, 0.1) is 11.4 Å². The molecule has 0 aliphatic heterocycles. The Morgan fingerprint density at radius 2 is 1.32 bits per heavy atom. The molecule has 57 heavy (non-hydrogen) atoms. The van der Waals surface area contributed by atoms with Crippen molar-refractivity contribution >= 4 is 21.8 Å². The van der Waals surface area contributed by atoms with Crippen LogP contribution in [0.5, 0.6) is 11.5 Å². The third-order valence-electron chi connectivity index (χ3n) is 10.7. The van der Waals surface area contributed by atoms with Crippen molar-refractivity contribution in [3.8, 4) is 34.1 Å². The van der Waals surface area contributed by atoms with Crippen LogP contribution in [0.3, 0.4) is 0 Å². The Bertz CT molecular complexity index is 2520. The second kappa shape index (κ2) is 15.7. The maximum absolute atomic E-state index is 6.62. The molecule has 0 spiro atoms. The van der Waals surface area contributed by atoms with Gasteiger partial charge < -0.3 is 9.30 Å². The fourth-order valence-corrected chi connectivity index (χ4v) is 7.52. The molecule has 0 aliphatic rings. The Morgan fingerprint density at radius 1 is 0.667 bits per heavy atom. The quantitative estimate of drug-likeness (QED) is 0.113. The smallest absolute Gasteiger partial charge is 0.509 e. The first kappa shape index (κ1) is 42.1. The number of nitrogens with zero attached hydrogens (tertiary/aromatic N) is 4. The number of para-hydroxylation sites is 1. The minimum absolute atomic E-state index is 0. The second-order valence-electron chi connectivity index (χ2n) is 19.3. The summed E-state index contributed by atoms with van der Waals surface area (Å²) in [7, 11) is 0. The average molecular weight is 849 g/mol. The standard InChI is InChI=1S/C51H58N4O.Pd/c1-32(2)25-45-47(34-26-36(50(8,9)10)28-37(27-34)51(11,12)13)48(33(3)4)53-55(45)38-17-16-18-39(30-38)56-40-21-22-42-41-19-14-15-20-43(41)54(44(42)31-40)46-29-35(23-24-52-46)49(5,6)7;/h14-24,26-29,32-33H,25H2,1-13H3;/q-2;+2. The summed E-state index contributed by atoms with van der Waals surface area (Å²) in [6.07, 6.45) is 2.78. The molecule has 0 saturated carbocycles. The summed E-state index contributed by atoms with van der Waals surface area (Å²) in [5.74, 6) is 2.73. The summed E-state index contributed by atoms with van der Waals surface area (Å²) in [6.45, 7) is 29.6. The van der Waals surface area contributed by atoms with Gasteiger partial charge in [0.25, 0.3) is 0 Å². The van der Waals surface area contributed by atoms with Crippen LogP contribution in [0.25, 0.3) is 44.4 Å². The Balaban J connectivity index is 0.00000549. The van der Waals surface area contributed by atoms with E-state index in [0.717, 1.165) is 45.4 Å². The first-order valence-corrected chi connectivity index (χ1v) is 20.2. The molecule has 0 radical (unpaired) electrons. The maximum Gasteiger partial charge on any atom is 2.00 e. The zero-order valence-electron chi connectivity index (χ0n) is 36.0. The minimum Gasteiger partial charge on any atom is -0.509 e. The molecule has 6 heteroatoms. The van der Waals surface area contributed by atoms with E-state index in [0.29, 0.717) is 17.4 Å². The van der Waals surface area contributed by atoms with Crippen molar-refractivity contribution in [2.75, 3.05) is 0 Å². The molecule has 0 atom stereocenters. The molecular formula is C51H58N4OPd. The Labute approximate surface area is 354 Å². The maximum atomic E-state index is 6.62. The van der Waals surface area contributed by atoms with E-state index < -0.39 is 0 Å². The van der Waals surface area contributed by atoms with Gasteiger partial charge in [-0.1, -0.05) is 132 Å². The van der Waals surface area contributed by atoms with Gasteiger partial charge in [0.2, 0.25) is 0 Å². The normalized spacial score (nSPS) is 12.5. The van der Waals surface area contributed by atoms with Crippen LogP contribution in [0, 0.1) is 18.1 Å². The third-order valence-corrected chi connectivity index (χ3v) is 10.7. The van der Waals surface area contributed by atoms with Crippen LogP contribution in [0.15, 0.2) is 91.1 Å². The van der Waals surface area contributed by atoms with E-state index in [2.05, 4.69) is 178 Å². The molecule has 5 nitrogen and oxygen atoms in total. The molecule has 0 amide bonds. The number of fused-ring (bicyclic) bond motifs is 3. The molecular weight excluding hydrogens is 791 g/mol. The summed E-state index contributed by atoms with van der Waals surface area (Å²) in [6, 6.07) is 37.4. The monoisotopic (exact) mass is 848 g/mol. The van der Waals surface area contributed by atoms with Gasteiger partial charge in [0, 0.05) is 28.8 Å². The van der Waals surface area contributed by atoms with Crippen molar-refractivity contribution in [2.45, 2.75) is 119 Å². The number of rotatable bonds is 8. The third kappa shape index (κ3) is 8.55. The molecule has 0 bridgehead atoms. The number of ether oxygens (including phenoxy) is 1. The molecule has 7 aromatic rings. The van der Waals surface area contributed by atoms with Crippen LogP contribution in [-0.2, 0) is 43.1 Å². The number of benzene rings is 4. The molecule has 7 rings (SSSR count). The fourth-order valence-electron chi connectivity index (χ4n) is 7.52. The van der Waals surface area contributed by atoms with Gasteiger partial charge in [-0.15, -0.1) is 35.7 Å². The number of pyridine rings is 1. The molecule has 298 valence electrons. The zero-order chi connectivity index (χ0) is 40.3. The molecule has 0 saturated heterocycles. The van der Waals surface area contributed by atoms with Gasteiger partial charge in [0.15, 0.2) is 0 Å². The number of hydrogen-bond donors (Lipinski definition) is 0. The molecule has 0 aliphatic carbocycles. The topological polar surface area (TPSA) is 44.9 Å². The summed E-state index contributed by atoms with van der Waals surface area (Å²) < 4.78 is 10.9. The SMILES string of the molecule is CC(C)Cc1c(-c2cc(C(C)(C)C)cc(C(C)(C)C)c2)c(C(C)C)nn1-c1[c-]c(Oc2[c-]c3c(cc2)c2ccccc2n3-c2cc(C(C)(C)C)ccn2)ccc1.[Pd+2]. The second-order valence-corrected chi connectivity index (χ2v) is 19.3. The van der Waals surface area contributed by atoms with E-state index in [1.54, 1.807) is 0 Å². The van der Waals surface area contributed by atoms with Crippen molar-refractivity contribution in [1.29, 1.82) is 0 Å². The van der Waals surface area contributed by atoms with Gasteiger partial charge in [-0.2, -0.15) is 17.2 Å². The van der Waals surface area contributed by atoms with Gasteiger partial charge in [-0.05, 0) is 86.0 Å². The first-order valence-electron chi connectivity index (χ1n) is 20.2. The molecule has 3 heterocycles. The van der Waals surface area contributed by atoms with Crippen molar-refractivity contribution in [3.63, 3.8) is 0 Å². The molecule has 0 unspecified atom stereocenters. The van der Waals surface area contributed by atoms with E-state index in [-0.39, 0.29) is 42.6 Å². The fraction of sp³-hybridized carbons (Fsp3) is 0.373. The molecule has 0 fully saturated rings. The van der Waals surface area contributed by atoms with Crippen LogP contribution in [0.2, 0.25) is 0 Å². The van der Waals surface area contributed by atoms with Gasteiger partial charge in [-0.25, -0.2) is 4.98 Å². The Hall–Kier alpha value is -4.50. The van der Waals surface area contributed by atoms with Crippen molar-refractivity contribution in [3.05, 3.63) is 131 Å². The predicted molar refractivity (Wildman–Crippen MR) is 234 cm³/mol. The van der Waals surface area contributed by atoms with E-state index in [1.807, 2.05) is 24.4 Å². The largest absolute Gasteiger partial charge is 2.00 e. The summed E-state index contributed by atoms with van der Waals surface area (Å²) >= 11 is 0. The average Bonchev–Trinajstić information content (AvgIpc) is 3.66. The molecule has 0 N–H and O–H groups in total. The number of hydrogen-bond acceptors (Lipinski definition) is 3. The summed E-state index contributed by atoms with van der Waals surface area (Å²) in [5, 5.41) is 7.64. The van der Waals surface area contributed by atoms with E-state index in [4.69, 9.17) is 14.8 Å². The van der Waals surface area contributed by atoms with Crippen molar-refractivity contribution in [1.82, 2.24) is 19.3 Å². The zero-order valence-corrected chi connectivity index (χ0v) is 37.6. The van der Waals surface area contributed by atoms with Crippen LogP contribution in [0.4, 0.5) is 0 Å². The van der Waals surface area contributed by atoms with Crippen molar-refractivity contribution in [2.24, 2.45) is 5.92 Å². The van der Waals surface area contributed by atoms with E-state index in [9.17, 15) is 0 Å². The van der Waals surface area contributed by atoms with Crippen LogP contribution < -0.4 is 4.74 Å². The van der Waals surface area contributed by atoms with Gasteiger partial charge >= 0.3 is 20.4 Å². The van der Waals surface area contributed by atoms with Crippen molar-refractivity contribution < 1.29 is 25.2 Å². The van der Waals surface area contributed by atoms with Crippen LogP contribution in [0.1, 0.15) is 124 Å². The first-order chi connectivity index (χ1) is 26.3. The summed E-state index contributed by atoms with van der Waals surface area (Å²) in [4.78, 5) is 4.85. The predicted octanol–water partition coefficient (Wildman–Crippen LogP) is 13.6. The summed E-state index contributed by atoms with van der Waals surface area (Å²) in [5.41, 5.74) is 11.5.